The first kappa shape index (κ1) is 17.1. The van der Waals surface area contributed by atoms with Gasteiger partial charge < -0.3 is 20.7 Å². The predicted octanol–water partition coefficient (Wildman–Crippen LogP) is 2.39. The van der Waals surface area contributed by atoms with E-state index in [1.54, 1.807) is 18.3 Å². The van der Waals surface area contributed by atoms with Crippen LogP contribution < -0.4 is 20.7 Å². The van der Waals surface area contributed by atoms with E-state index in [2.05, 4.69) is 21.0 Å². The number of hydrogen-bond acceptors (Lipinski definition) is 4. The lowest BCUT2D eigenvalue weighted by atomic mass is 10.2. The molecule has 3 rings (SSSR count). The molecule has 0 saturated heterocycles. The first-order valence-corrected chi connectivity index (χ1v) is 8.19. The number of amides is 3. The molecule has 3 amide bonds. The van der Waals surface area contributed by atoms with E-state index in [4.69, 9.17) is 16.3 Å². The molecule has 1 aromatic heterocycles. The summed E-state index contributed by atoms with van der Waals surface area (Å²) in [4.78, 5) is 23.3. The molecule has 8 nitrogen and oxygen atoms in total. The van der Waals surface area contributed by atoms with Gasteiger partial charge >= 0.3 is 6.03 Å². The normalized spacial score (nSPS) is 12.8. The van der Waals surface area contributed by atoms with E-state index in [1.807, 2.05) is 17.8 Å². The number of fused-ring (bicyclic) bond motifs is 1. The lowest BCUT2D eigenvalue weighted by Crippen LogP contribution is -2.30. The summed E-state index contributed by atoms with van der Waals surface area (Å²) in [6, 6.07) is 2.82. The summed E-state index contributed by atoms with van der Waals surface area (Å²) in [5.41, 5.74) is 2.01. The maximum atomic E-state index is 12.0. The van der Waals surface area contributed by atoms with Crippen molar-refractivity contribution in [3.8, 4) is 5.75 Å². The Hall–Kier alpha value is -2.74. The highest BCUT2D eigenvalue weighted by molar-refractivity contribution is 6.33. The number of nitrogens with zero attached hydrogens (tertiary/aromatic N) is 2. The van der Waals surface area contributed by atoms with Crippen molar-refractivity contribution in [2.24, 2.45) is 0 Å². The summed E-state index contributed by atoms with van der Waals surface area (Å²) in [5, 5.41) is 12.6. The Labute approximate surface area is 149 Å². The lowest BCUT2D eigenvalue weighted by Gasteiger charge is -2.20. The summed E-state index contributed by atoms with van der Waals surface area (Å²) in [6.45, 7) is 3.13. The molecule has 0 aliphatic carbocycles. The molecule has 0 radical (unpaired) electrons. The molecule has 132 valence electrons. The van der Waals surface area contributed by atoms with Gasteiger partial charge in [0.1, 0.15) is 0 Å². The molecule has 0 bridgehead atoms. The molecule has 1 aliphatic heterocycles. The number of carbonyl (C=O) groups excluding carboxylic acids is 2. The average Bonchev–Trinajstić information content (AvgIpc) is 2.96. The maximum absolute atomic E-state index is 12.0. The van der Waals surface area contributed by atoms with Crippen LogP contribution in [0.4, 0.5) is 16.2 Å². The highest BCUT2D eigenvalue weighted by Crippen LogP contribution is 2.38. The minimum Gasteiger partial charge on any atom is -0.480 e. The Bertz CT molecular complexity index is 805. The number of carbonyl (C=O) groups is 2. The van der Waals surface area contributed by atoms with Gasteiger partial charge in [-0.15, -0.1) is 0 Å². The molecule has 1 aromatic carbocycles. The zero-order valence-electron chi connectivity index (χ0n) is 13.6. The summed E-state index contributed by atoms with van der Waals surface area (Å²) in [6.07, 6.45) is 4.50. The third-order valence-electron chi connectivity index (χ3n) is 3.54. The van der Waals surface area contributed by atoms with Crippen molar-refractivity contribution in [3.05, 3.63) is 35.1 Å². The molecule has 3 N–H and O–H groups in total. The molecule has 0 unspecified atom stereocenters. The number of anilines is 2. The van der Waals surface area contributed by atoms with Crippen molar-refractivity contribution in [2.75, 3.05) is 23.8 Å². The van der Waals surface area contributed by atoms with E-state index in [0.717, 1.165) is 18.5 Å². The molecule has 25 heavy (non-hydrogen) atoms. The van der Waals surface area contributed by atoms with Crippen LogP contribution in [-0.4, -0.2) is 34.9 Å². The van der Waals surface area contributed by atoms with Crippen molar-refractivity contribution >= 4 is 34.9 Å². The smallest absolute Gasteiger partial charge is 0.319 e. The highest BCUT2D eigenvalue weighted by atomic mass is 35.5. The molecule has 2 heterocycles. The van der Waals surface area contributed by atoms with Crippen molar-refractivity contribution in [1.82, 2.24) is 15.1 Å². The Kier molecular flexibility index (Phi) is 5.08. The van der Waals surface area contributed by atoms with Gasteiger partial charge in [-0.1, -0.05) is 11.6 Å². The quantitative estimate of drug-likeness (QED) is 0.710. The summed E-state index contributed by atoms with van der Waals surface area (Å²) >= 11 is 6.12. The molecular weight excluding hydrogens is 346 g/mol. The van der Waals surface area contributed by atoms with Crippen LogP contribution in [-0.2, 0) is 11.3 Å². The first-order valence-electron chi connectivity index (χ1n) is 7.81. The summed E-state index contributed by atoms with van der Waals surface area (Å²) < 4.78 is 7.10. The molecular formula is C16H18ClN5O3. The zero-order valence-corrected chi connectivity index (χ0v) is 14.4. The van der Waals surface area contributed by atoms with Crippen LogP contribution in [0.25, 0.3) is 0 Å². The number of hydrogen-bond donors (Lipinski definition) is 3. The number of ether oxygens (including phenoxy) is 1. The molecule has 0 fully saturated rings. The highest BCUT2D eigenvalue weighted by Gasteiger charge is 2.20. The molecule has 0 spiro atoms. The van der Waals surface area contributed by atoms with Crippen LogP contribution in [0, 0.1) is 6.92 Å². The van der Waals surface area contributed by atoms with Crippen LogP contribution in [0.5, 0.6) is 5.75 Å². The SMILES string of the molecule is Cc1cnn(CCCNC(=O)Nc2cc(Cl)c3c(c2)NC(=O)CO3)c1. The largest absolute Gasteiger partial charge is 0.480 e. The number of rotatable bonds is 5. The monoisotopic (exact) mass is 363 g/mol. The van der Waals surface area contributed by atoms with Gasteiger partial charge in [0, 0.05) is 25.0 Å². The van der Waals surface area contributed by atoms with Gasteiger partial charge in [0.05, 0.1) is 16.9 Å². The van der Waals surface area contributed by atoms with Crippen LogP contribution in [0.15, 0.2) is 24.5 Å². The zero-order chi connectivity index (χ0) is 17.8. The molecule has 1 aliphatic rings. The van der Waals surface area contributed by atoms with Gasteiger partial charge in [-0.25, -0.2) is 4.79 Å². The Balaban J connectivity index is 1.50. The third kappa shape index (κ3) is 4.42. The standard InChI is InChI=1S/C16H18ClN5O3/c1-10-7-19-22(8-10)4-2-3-18-16(24)20-11-5-12(17)15-13(6-11)21-14(23)9-25-15/h5-8H,2-4,9H2,1H3,(H,21,23)(H2,18,20,24). The lowest BCUT2D eigenvalue weighted by molar-refractivity contribution is -0.118. The number of aromatic nitrogens is 2. The number of aryl methyl sites for hydroxylation is 2. The number of halogens is 1. The molecule has 0 saturated carbocycles. The van der Waals surface area contributed by atoms with Crippen LogP contribution >= 0.6 is 11.6 Å². The Morgan fingerprint density at radius 2 is 2.32 bits per heavy atom. The molecule has 9 heteroatoms. The van der Waals surface area contributed by atoms with Gasteiger partial charge in [0.25, 0.3) is 5.91 Å². The molecule has 0 atom stereocenters. The Morgan fingerprint density at radius 1 is 1.48 bits per heavy atom. The summed E-state index contributed by atoms with van der Waals surface area (Å²) in [7, 11) is 0. The maximum Gasteiger partial charge on any atom is 0.319 e. The predicted molar refractivity (Wildman–Crippen MR) is 94.2 cm³/mol. The van der Waals surface area contributed by atoms with Crippen molar-refractivity contribution in [3.63, 3.8) is 0 Å². The second-order valence-electron chi connectivity index (χ2n) is 5.69. The third-order valence-corrected chi connectivity index (χ3v) is 3.82. The number of benzene rings is 1. The van der Waals surface area contributed by atoms with Crippen molar-refractivity contribution < 1.29 is 14.3 Å². The second kappa shape index (κ2) is 7.43. The van der Waals surface area contributed by atoms with E-state index in [9.17, 15) is 9.59 Å². The minimum atomic E-state index is -0.351. The van der Waals surface area contributed by atoms with Crippen LogP contribution in [0.2, 0.25) is 5.02 Å². The van der Waals surface area contributed by atoms with E-state index >= 15 is 0 Å². The fraction of sp³-hybridized carbons (Fsp3) is 0.312. The first-order chi connectivity index (χ1) is 12.0. The van der Waals surface area contributed by atoms with E-state index in [1.165, 1.54) is 0 Å². The average molecular weight is 364 g/mol. The van der Waals surface area contributed by atoms with Gasteiger partial charge in [0.15, 0.2) is 12.4 Å². The van der Waals surface area contributed by atoms with Crippen molar-refractivity contribution in [2.45, 2.75) is 19.9 Å². The number of nitrogens with one attached hydrogen (secondary N) is 3. The van der Waals surface area contributed by atoms with E-state index in [0.29, 0.717) is 28.7 Å². The second-order valence-corrected chi connectivity index (χ2v) is 6.09. The summed E-state index contributed by atoms with van der Waals surface area (Å²) in [5.74, 6) is 0.140. The van der Waals surface area contributed by atoms with Gasteiger partial charge in [-0.05, 0) is 31.0 Å². The fourth-order valence-electron chi connectivity index (χ4n) is 2.44. The fourth-order valence-corrected chi connectivity index (χ4v) is 2.71. The van der Waals surface area contributed by atoms with E-state index < -0.39 is 0 Å². The van der Waals surface area contributed by atoms with Gasteiger partial charge in [0.2, 0.25) is 0 Å². The number of urea groups is 1. The Morgan fingerprint density at radius 3 is 3.08 bits per heavy atom. The topological polar surface area (TPSA) is 97.3 Å². The molecule has 2 aromatic rings. The van der Waals surface area contributed by atoms with Gasteiger partial charge in [-0.2, -0.15) is 5.10 Å². The van der Waals surface area contributed by atoms with E-state index in [-0.39, 0.29) is 18.5 Å². The minimum absolute atomic E-state index is 0.0737. The van der Waals surface area contributed by atoms with Crippen LogP contribution in [0.1, 0.15) is 12.0 Å². The van der Waals surface area contributed by atoms with Gasteiger partial charge in [-0.3, -0.25) is 9.48 Å². The van der Waals surface area contributed by atoms with Crippen molar-refractivity contribution in [1.29, 1.82) is 0 Å². The van der Waals surface area contributed by atoms with Crippen LogP contribution in [0.3, 0.4) is 0 Å².